The Bertz CT molecular complexity index is 474. The van der Waals surface area contributed by atoms with Crippen LogP contribution in [0.3, 0.4) is 0 Å². The molecule has 5 heteroatoms. The highest BCUT2D eigenvalue weighted by Gasteiger charge is 2.07. The topological polar surface area (TPSA) is 73.3 Å². The van der Waals surface area contributed by atoms with Gasteiger partial charge >= 0.3 is 0 Å². The van der Waals surface area contributed by atoms with E-state index in [9.17, 15) is 5.11 Å². The molecule has 1 aromatic heterocycles. The van der Waals surface area contributed by atoms with Crippen LogP contribution < -0.4 is 10.5 Å². The van der Waals surface area contributed by atoms with Crippen molar-refractivity contribution in [2.24, 2.45) is 7.05 Å². The second kappa shape index (κ2) is 4.14. The fourth-order valence-electron chi connectivity index (χ4n) is 1.38. The molecule has 3 N–H and O–H groups in total. The van der Waals surface area contributed by atoms with Crippen molar-refractivity contribution in [1.29, 1.82) is 0 Å². The summed E-state index contributed by atoms with van der Waals surface area (Å²) in [5.74, 6) is 0.548. The molecule has 1 aromatic carbocycles. The first-order valence-electron chi connectivity index (χ1n) is 4.85. The molecule has 0 atom stereocenters. The van der Waals surface area contributed by atoms with Crippen molar-refractivity contribution in [2.45, 2.75) is 6.61 Å². The SMILES string of the molecule is Cn1ncc(N)c1COc1ccccc1O. The number of benzene rings is 1. The van der Waals surface area contributed by atoms with E-state index in [0.29, 0.717) is 11.4 Å². The van der Waals surface area contributed by atoms with Gasteiger partial charge in [-0.2, -0.15) is 5.10 Å². The van der Waals surface area contributed by atoms with E-state index in [-0.39, 0.29) is 12.4 Å². The van der Waals surface area contributed by atoms with E-state index >= 15 is 0 Å². The maximum Gasteiger partial charge on any atom is 0.161 e. The molecule has 0 aliphatic rings. The molecule has 0 aliphatic carbocycles. The number of para-hydroxylation sites is 2. The number of ether oxygens (including phenoxy) is 1. The van der Waals surface area contributed by atoms with Crippen LogP contribution in [0.2, 0.25) is 0 Å². The Morgan fingerprint density at radius 2 is 2.19 bits per heavy atom. The molecule has 2 aromatic rings. The number of aromatic hydroxyl groups is 1. The zero-order valence-electron chi connectivity index (χ0n) is 8.92. The van der Waals surface area contributed by atoms with Gasteiger partial charge in [0, 0.05) is 7.05 Å². The van der Waals surface area contributed by atoms with Gasteiger partial charge in [-0.05, 0) is 12.1 Å². The lowest BCUT2D eigenvalue weighted by molar-refractivity contribution is 0.280. The normalized spacial score (nSPS) is 10.3. The average Bonchev–Trinajstić information content (AvgIpc) is 2.58. The summed E-state index contributed by atoms with van der Waals surface area (Å²) in [6.07, 6.45) is 1.57. The molecule has 16 heavy (non-hydrogen) atoms. The second-order valence-electron chi connectivity index (χ2n) is 3.43. The molecule has 0 saturated carbocycles. The molecule has 2 rings (SSSR count). The zero-order chi connectivity index (χ0) is 11.5. The Labute approximate surface area is 93.1 Å². The number of hydrogen-bond acceptors (Lipinski definition) is 4. The molecule has 0 aliphatic heterocycles. The Kier molecular flexibility index (Phi) is 2.68. The maximum atomic E-state index is 9.50. The Morgan fingerprint density at radius 1 is 1.44 bits per heavy atom. The summed E-state index contributed by atoms with van der Waals surface area (Å²) in [6, 6.07) is 6.80. The van der Waals surface area contributed by atoms with Crippen LogP contribution in [0.4, 0.5) is 5.69 Å². The summed E-state index contributed by atoms with van der Waals surface area (Å²) in [7, 11) is 1.79. The molecule has 0 saturated heterocycles. The van der Waals surface area contributed by atoms with Crippen molar-refractivity contribution in [2.75, 3.05) is 5.73 Å². The molecule has 84 valence electrons. The molecular weight excluding hydrogens is 206 g/mol. The summed E-state index contributed by atoms with van der Waals surface area (Å²) in [4.78, 5) is 0. The summed E-state index contributed by atoms with van der Waals surface area (Å²) in [5.41, 5.74) is 7.08. The van der Waals surface area contributed by atoms with Gasteiger partial charge in [0.15, 0.2) is 11.5 Å². The molecule has 5 nitrogen and oxygen atoms in total. The van der Waals surface area contributed by atoms with Gasteiger partial charge in [0.2, 0.25) is 0 Å². The van der Waals surface area contributed by atoms with E-state index in [0.717, 1.165) is 5.69 Å². The number of aryl methyl sites for hydroxylation is 1. The molecule has 0 radical (unpaired) electrons. The number of aromatic nitrogens is 2. The van der Waals surface area contributed by atoms with Gasteiger partial charge in [-0.1, -0.05) is 12.1 Å². The third-order valence-corrected chi connectivity index (χ3v) is 2.32. The minimum absolute atomic E-state index is 0.114. The monoisotopic (exact) mass is 219 g/mol. The first kappa shape index (κ1) is 10.4. The molecule has 0 amide bonds. The van der Waals surface area contributed by atoms with Crippen LogP contribution in [0.25, 0.3) is 0 Å². The number of nitrogens with two attached hydrogens (primary N) is 1. The lowest BCUT2D eigenvalue weighted by Crippen LogP contribution is -2.05. The smallest absolute Gasteiger partial charge is 0.161 e. The van der Waals surface area contributed by atoms with E-state index in [4.69, 9.17) is 10.5 Å². The molecular formula is C11H13N3O2. The van der Waals surface area contributed by atoms with E-state index in [1.165, 1.54) is 0 Å². The molecule has 1 heterocycles. The summed E-state index contributed by atoms with van der Waals surface area (Å²) in [5, 5.41) is 13.5. The van der Waals surface area contributed by atoms with Crippen LogP contribution in [-0.2, 0) is 13.7 Å². The average molecular weight is 219 g/mol. The quantitative estimate of drug-likeness (QED) is 0.815. The number of phenols is 1. The summed E-state index contributed by atoms with van der Waals surface area (Å²) in [6.45, 7) is 0.278. The van der Waals surface area contributed by atoms with Crippen molar-refractivity contribution in [3.05, 3.63) is 36.2 Å². The van der Waals surface area contributed by atoms with Crippen LogP contribution in [0, 0.1) is 0 Å². The summed E-state index contributed by atoms with van der Waals surface area (Å²) >= 11 is 0. The van der Waals surface area contributed by atoms with Gasteiger partial charge in [-0.15, -0.1) is 0 Å². The van der Waals surface area contributed by atoms with Crippen molar-refractivity contribution < 1.29 is 9.84 Å². The van der Waals surface area contributed by atoms with Gasteiger partial charge in [0.25, 0.3) is 0 Å². The first-order valence-corrected chi connectivity index (χ1v) is 4.85. The third-order valence-electron chi connectivity index (χ3n) is 2.32. The highest BCUT2D eigenvalue weighted by Crippen LogP contribution is 2.25. The predicted molar refractivity (Wildman–Crippen MR) is 60.1 cm³/mol. The molecule has 0 bridgehead atoms. The van der Waals surface area contributed by atoms with E-state index in [2.05, 4.69) is 5.10 Å². The lowest BCUT2D eigenvalue weighted by atomic mass is 10.3. The van der Waals surface area contributed by atoms with E-state index in [1.54, 1.807) is 42.2 Å². The minimum Gasteiger partial charge on any atom is -0.504 e. The number of hydrogen-bond donors (Lipinski definition) is 2. The highest BCUT2D eigenvalue weighted by molar-refractivity contribution is 5.42. The Morgan fingerprint density at radius 3 is 2.81 bits per heavy atom. The lowest BCUT2D eigenvalue weighted by Gasteiger charge is -2.08. The van der Waals surface area contributed by atoms with Crippen LogP contribution in [-0.4, -0.2) is 14.9 Å². The van der Waals surface area contributed by atoms with Crippen LogP contribution in [0.1, 0.15) is 5.69 Å². The second-order valence-corrected chi connectivity index (χ2v) is 3.43. The first-order chi connectivity index (χ1) is 7.68. The van der Waals surface area contributed by atoms with Gasteiger partial charge in [-0.25, -0.2) is 0 Å². The van der Waals surface area contributed by atoms with E-state index in [1.807, 2.05) is 0 Å². The minimum atomic E-state index is 0.114. The third kappa shape index (κ3) is 1.93. The Balaban J connectivity index is 2.11. The van der Waals surface area contributed by atoms with Crippen LogP contribution >= 0.6 is 0 Å². The number of nitrogen functional groups attached to an aromatic ring is 1. The largest absolute Gasteiger partial charge is 0.504 e. The summed E-state index contributed by atoms with van der Waals surface area (Å²) < 4.78 is 7.10. The van der Waals surface area contributed by atoms with Crippen molar-refractivity contribution in [3.63, 3.8) is 0 Å². The maximum absolute atomic E-state index is 9.50. The van der Waals surface area contributed by atoms with Crippen molar-refractivity contribution in [3.8, 4) is 11.5 Å². The zero-order valence-corrected chi connectivity index (χ0v) is 8.92. The Hall–Kier alpha value is -2.17. The fourth-order valence-corrected chi connectivity index (χ4v) is 1.38. The standard InChI is InChI=1S/C11H13N3O2/c1-14-9(8(12)6-13-14)7-16-11-5-3-2-4-10(11)15/h2-6,15H,7,12H2,1H3. The fraction of sp³-hybridized carbons (Fsp3) is 0.182. The number of anilines is 1. The van der Waals surface area contributed by atoms with Crippen molar-refractivity contribution in [1.82, 2.24) is 9.78 Å². The highest BCUT2D eigenvalue weighted by atomic mass is 16.5. The van der Waals surface area contributed by atoms with Gasteiger partial charge in [0.05, 0.1) is 17.6 Å². The van der Waals surface area contributed by atoms with Crippen LogP contribution in [0.5, 0.6) is 11.5 Å². The number of phenolic OH excluding ortho intramolecular Hbond substituents is 1. The number of rotatable bonds is 3. The molecule has 0 spiro atoms. The van der Waals surface area contributed by atoms with Gasteiger partial charge < -0.3 is 15.6 Å². The van der Waals surface area contributed by atoms with Gasteiger partial charge in [-0.3, -0.25) is 4.68 Å². The molecule has 0 fully saturated rings. The predicted octanol–water partition coefficient (Wildman–Crippen LogP) is 1.29. The number of nitrogens with zero attached hydrogens (tertiary/aromatic N) is 2. The van der Waals surface area contributed by atoms with Crippen LogP contribution in [0.15, 0.2) is 30.5 Å². The van der Waals surface area contributed by atoms with Crippen molar-refractivity contribution >= 4 is 5.69 Å². The van der Waals surface area contributed by atoms with Gasteiger partial charge in [0.1, 0.15) is 6.61 Å². The van der Waals surface area contributed by atoms with E-state index < -0.39 is 0 Å². The molecule has 0 unspecified atom stereocenters.